The van der Waals surface area contributed by atoms with E-state index in [9.17, 15) is 14.7 Å². The fourth-order valence-corrected chi connectivity index (χ4v) is 3.61. The summed E-state index contributed by atoms with van der Waals surface area (Å²) in [6, 6.07) is 14.0. The van der Waals surface area contributed by atoms with Crippen molar-refractivity contribution in [2.24, 2.45) is 0 Å². The number of amides is 1. The van der Waals surface area contributed by atoms with Crippen LogP contribution in [0.5, 0.6) is 0 Å². The normalized spacial score (nSPS) is 18.7. The van der Waals surface area contributed by atoms with Crippen molar-refractivity contribution >= 4 is 33.4 Å². The first kappa shape index (κ1) is 20.3. The van der Waals surface area contributed by atoms with Crippen LogP contribution in [0.15, 0.2) is 58.6 Å². The summed E-state index contributed by atoms with van der Waals surface area (Å²) < 4.78 is 5.98. The summed E-state index contributed by atoms with van der Waals surface area (Å²) in [6.07, 6.45) is 0.598. The average Bonchev–Trinajstić information content (AvgIpc) is 2.94. The number of methoxy groups -OCH3 is 1. The number of hydrogen-bond donors (Lipinski definition) is 1. The van der Waals surface area contributed by atoms with Gasteiger partial charge in [-0.1, -0.05) is 57.9 Å². The molecule has 1 atom stereocenters. The molecule has 2 aromatic carbocycles. The Kier molecular flexibility index (Phi) is 6.31. The van der Waals surface area contributed by atoms with E-state index in [4.69, 9.17) is 4.74 Å². The zero-order valence-corrected chi connectivity index (χ0v) is 17.4. The summed E-state index contributed by atoms with van der Waals surface area (Å²) in [5.41, 5.74) is 2.45. The highest BCUT2D eigenvalue weighted by atomic mass is 79.9. The third-order valence-corrected chi connectivity index (χ3v) is 5.33. The molecule has 0 bridgehead atoms. The number of aliphatic hydroxyl groups excluding tert-OH is 1. The second-order valence-corrected chi connectivity index (χ2v) is 7.67. The van der Waals surface area contributed by atoms with Crippen LogP contribution >= 0.6 is 15.9 Å². The molecule has 0 unspecified atom stereocenters. The first-order valence-corrected chi connectivity index (χ1v) is 9.83. The van der Waals surface area contributed by atoms with Crippen LogP contribution in [0, 0.1) is 6.92 Å². The van der Waals surface area contributed by atoms with Gasteiger partial charge in [-0.2, -0.15) is 0 Å². The molecule has 1 aliphatic heterocycles. The summed E-state index contributed by atoms with van der Waals surface area (Å²) in [4.78, 5) is 27.1. The van der Waals surface area contributed by atoms with Crippen molar-refractivity contribution < 1.29 is 19.4 Å². The van der Waals surface area contributed by atoms with Crippen LogP contribution in [0.1, 0.15) is 29.2 Å². The number of Topliss-reactive ketones (excluding diaryl/α,β-unsaturated/α-hetero) is 1. The first-order valence-electron chi connectivity index (χ1n) is 9.04. The number of ether oxygens (including phenoxy) is 1. The lowest BCUT2D eigenvalue weighted by atomic mass is 9.95. The van der Waals surface area contributed by atoms with Crippen molar-refractivity contribution in [1.82, 2.24) is 4.90 Å². The van der Waals surface area contributed by atoms with Crippen molar-refractivity contribution in [2.45, 2.75) is 19.4 Å². The lowest BCUT2D eigenvalue weighted by molar-refractivity contribution is -0.140. The first-order chi connectivity index (χ1) is 13.4. The number of carbonyl (C=O) groups excluding carboxylic acids is 2. The Bertz CT molecular complexity index is 903. The molecular formula is C22H22BrNO4. The molecule has 0 spiro atoms. The average molecular weight is 444 g/mol. The summed E-state index contributed by atoms with van der Waals surface area (Å²) >= 11 is 3.41. The van der Waals surface area contributed by atoms with E-state index in [-0.39, 0.29) is 11.3 Å². The van der Waals surface area contributed by atoms with Crippen LogP contribution in [0.2, 0.25) is 0 Å². The minimum atomic E-state index is -0.664. The van der Waals surface area contributed by atoms with Gasteiger partial charge in [0, 0.05) is 30.3 Å². The maximum atomic E-state index is 12.8. The molecule has 0 radical (unpaired) electrons. The van der Waals surface area contributed by atoms with Crippen molar-refractivity contribution in [2.75, 3.05) is 20.3 Å². The van der Waals surface area contributed by atoms with E-state index < -0.39 is 17.7 Å². The predicted octanol–water partition coefficient (Wildman–Crippen LogP) is 4.22. The maximum Gasteiger partial charge on any atom is 0.295 e. The molecule has 5 nitrogen and oxygen atoms in total. The molecule has 0 aromatic heterocycles. The number of hydrogen-bond acceptors (Lipinski definition) is 4. The van der Waals surface area contributed by atoms with Crippen LogP contribution in [0.3, 0.4) is 0 Å². The number of ketones is 1. The minimum absolute atomic E-state index is 0.119. The van der Waals surface area contributed by atoms with E-state index in [0.717, 1.165) is 15.6 Å². The van der Waals surface area contributed by atoms with Gasteiger partial charge in [-0.15, -0.1) is 0 Å². The highest BCUT2D eigenvalue weighted by Crippen LogP contribution is 2.39. The molecule has 1 saturated heterocycles. The SMILES string of the molecule is COCCCN1C(=O)C(=O)/C(=C(/O)c2ccc(C)cc2)[C@H]1c1ccc(Br)cc1. The van der Waals surface area contributed by atoms with E-state index >= 15 is 0 Å². The van der Waals surface area contributed by atoms with Gasteiger partial charge in [-0.25, -0.2) is 0 Å². The number of carbonyl (C=O) groups is 2. The Morgan fingerprint density at radius 1 is 1.11 bits per heavy atom. The zero-order valence-electron chi connectivity index (χ0n) is 15.8. The van der Waals surface area contributed by atoms with Crippen molar-refractivity contribution in [3.05, 3.63) is 75.3 Å². The molecule has 1 fully saturated rings. The third-order valence-electron chi connectivity index (χ3n) is 4.80. The van der Waals surface area contributed by atoms with Gasteiger partial charge < -0.3 is 14.7 Å². The van der Waals surface area contributed by atoms with Gasteiger partial charge in [0.15, 0.2) is 0 Å². The number of benzene rings is 2. The molecule has 146 valence electrons. The van der Waals surface area contributed by atoms with Crippen LogP contribution in [0.25, 0.3) is 5.76 Å². The van der Waals surface area contributed by atoms with E-state index in [1.165, 1.54) is 4.90 Å². The van der Waals surface area contributed by atoms with E-state index in [1.54, 1.807) is 19.2 Å². The highest BCUT2D eigenvalue weighted by molar-refractivity contribution is 9.10. The highest BCUT2D eigenvalue weighted by Gasteiger charge is 2.45. The Labute approximate surface area is 172 Å². The summed E-state index contributed by atoms with van der Waals surface area (Å²) in [5, 5.41) is 10.9. The number of aliphatic hydroxyl groups is 1. The molecule has 0 saturated carbocycles. The second-order valence-electron chi connectivity index (χ2n) is 6.76. The molecule has 1 amide bonds. The number of likely N-dealkylation sites (tertiary alicyclic amines) is 1. The van der Waals surface area contributed by atoms with Gasteiger partial charge in [0.2, 0.25) is 0 Å². The van der Waals surface area contributed by atoms with E-state index in [2.05, 4.69) is 15.9 Å². The number of aryl methyl sites for hydroxylation is 1. The quantitative estimate of drug-likeness (QED) is 0.314. The molecule has 28 heavy (non-hydrogen) atoms. The largest absolute Gasteiger partial charge is 0.507 e. The molecule has 0 aliphatic carbocycles. The molecule has 2 aromatic rings. The van der Waals surface area contributed by atoms with Gasteiger partial charge in [-0.3, -0.25) is 9.59 Å². The van der Waals surface area contributed by atoms with Crippen LogP contribution in [-0.4, -0.2) is 42.0 Å². The van der Waals surface area contributed by atoms with Crippen LogP contribution < -0.4 is 0 Å². The van der Waals surface area contributed by atoms with Gasteiger partial charge in [-0.05, 0) is 31.0 Å². The standard InChI is InChI=1S/C22H22BrNO4/c1-14-4-6-16(7-5-14)20(25)18-19(15-8-10-17(23)11-9-15)24(12-3-13-28-2)22(27)21(18)26/h4-11,19,25H,3,12-13H2,1-2H3/b20-18+/t19-/m1/s1. The monoisotopic (exact) mass is 443 g/mol. The second kappa shape index (κ2) is 8.71. The number of rotatable bonds is 6. The van der Waals surface area contributed by atoms with Gasteiger partial charge in [0.1, 0.15) is 5.76 Å². The zero-order chi connectivity index (χ0) is 20.3. The molecule has 6 heteroatoms. The van der Waals surface area contributed by atoms with Crippen LogP contribution in [0.4, 0.5) is 0 Å². The van der Waals surface area contributed by atoms with Gasteiger partial charge in [0.25, 0.3) is 11.7 Å². The topological polar surface area (TPSA) is 66.8 Å². The Morgan fingerprint density at radius 3 is 2.36 bits per heavy atom. The Hall–Kier alpha value is -2.44. The summed E-state index contributed by atoms with van der Waals surface area (Å²) in [7, 11) is 1.59. The summed E-state index contributed by atoms with van der Waals surface area (Å²) in [6.45, 7) is 2.79. The fourth-order valence-electron chi connectivity index (χ4n) is 3.35. The smallest absolute Gasteiger partial charge is 0.295 e. The maximum absolute atomic E-state index is 12.8. The lowest BCUT2D eigenvalue weighted by Crippen LogP contribution is -2.31. The molecular weight excluding hydrogens is 422 g/mol. The predicted molar refractivity (Wildman–Crippen MR) is 111 cm³/mol. The van der Waals surface area contributed by atoms with Crippen LogP contribution in [-0.2, 0) is 14.3 Å². The number of nitrogens with zero attached hydrogens (tertiary/aromatic N) is 1. The molecule has 1 N–H and O–H groups in total. The van der Waals surface area contributed by atoms with Crippen molar-refractivity contribution in [1.29, 1.82) is 0 Å². The van der Waals surface area contributed by atoms with Crippen molar-refractivity contribution in [3.63, 3.8) is 0 Å². The minimum Gasteiger partial charge on any atom is -0.507 e. The Morgan fingerprint density at radius 2 is 1.75 bits per heavy atom. The number of halogens is 1. The third kappa shape index (κ3) is 4.03. The van der Waals surface area contributed by atoms with Crippen molar-refractivity contribution in [3.8, 4) is 0 Å². The molecule has 1 aliphatic rings. The Balaban J connectivity index is 2.10. The fraction of sp³-hybridized carbons (Fsp3) is 0.273. The summed E-state index contributed by atoms with van der Waals surface area (Å²) in [5.74, 6) is -1.42. The van der Waals surface area contributed by atoms with Gasteiger partial charge in [0.05, 0.1) is 11.6 Å². The molecule has 1 heterocycles. The van der Waals surface area contributed by atoms with Gasteiger partial charge >= 0.3 is 0 Å². The van der Waals surface area contributed by atoms with E-state index in [1.807, 2.05) is 43.3 Å². The van der Waals surface area contributed by atoms with E-state index in [0.29, 0.717) is 25.1 Å². The molecule has 3 rings (SSSR count). The lowest BCUT2D eigenvalue weighted by Gasteiger charge is -2.25.